The molecule has 0 unspecified atom stereocenters. The summed E-state index contributed by atoms with van der Waals surface area (Å²) in [4.78, 5) is 11.5. The monoisotopic (exact) mass is 272 g/mol. The Labute approximate surface area is 107 Å². The van der Waals surface area contributed by atoms with Crippen molar-refractivity contribution in [3.05, 3.63) is 30.6 Å². The third kappa shape index (κ3) is 3.43. The highest BCUT2D eigenvalue weighted by atomic mass is 19.4. The van der Waals surface area contributed by atoms with Gasteiger partial charge in [-0.05, 0) is 5.92 Å². The molecular weight excluding hydrogens is 261 g/mol. The molecule has 2 heterocycles. The summed E-state index contributed by atoms with van der Waals surface area (Å²) in [6.07, 6.45) is 0.614. The van der Waals surface area contributed by atoms with Crippen molar-refractivity contribution in [2.75, 3.05) is 0 Å². The summed E-state index contributed by atoms with van der Waals surface area (Å²) in [5.41, 5.74) is 0.859. The Balaban J connectivity index is 2.17. The summed E-state index contributed by atoms with van der Waals surface area (Å²) in [6, 6.07) is 0. The van der Waals surface area contributed by atoms with Crippen molar-refractivity contribution in [1.29, 1.82) is 0 Å². The van der Waals surface area contributed by atoms with E-state index in [1.807, 2.05) is 13.8 Å². The van der Waals surface area contributed by atoms with Crippen LogP contribution in [0.25, 0.3) is 5.82 Å². The van der Waals surface area contributed by atoms with Crippen molar-refractivity contribution in [3.63, 3.8) is 0 Å². The highest BCUT2D eigenvalue weighted by Crippen LogP contribution is 2.20. The van der Waals surface area contributed by atoms with Gasteiger partial charge in [0.25, 0.3) is 0 Å². The van der Waals surface area contributed by atoms with Crippen LogP contribution in [0.3, 0.4) is 0 Å². The maximum Gasteiger partial charge on any atom is 0.574 e. The second-order valence-electron chi connectivity index (χ2n) is 4.12. The first-order chi connectivity index (χ1) is 8.85. The first kappa shape index (κ1) is 13.3. The van der Waals surface area contributed by atoms with Crippen molar-refractivity contribution >= 4 is 0 Å². The molecule has 0 aliphatic carbocycles. The first-order valence-electron chi connectivity index (χ1n) is 5.47. The zero-order valence-corrected chi connectivity index (χ0v) is 10.2. The Morgan fingerprint density at radius 1 is 1.16 bits per heavy atom. The van der Waals surface area contributed by atoms with Gasteiger partial charge in [0.2, 0.25) is 5.88 Å². The van der Waals surface area contributed by atoms with Crippen LogP contribution in [0.4, 0.5) is 13.2 Å². The van der Waals surface area contributed by atoms with E-state index < -0.39 is 12.2 Å². The van der Waals surface area contributed by atoms with Crippen LogP contribution in [0, 0.1) is 0 Å². The maximum absolute atomic E-state index is 12.0. The molecule has 0 aliphatic heterocycles. The molecule has 0 saturated heterocycles. The molecule has 2 aromatic rings. The van der Waals surface area contributed by atoms with E-state index in [-0.39, 0.29) is 5.92 Å². The van der Waals surface area contributed by atoms with E-state index in [1.54, 1.807) is 10.8 Å². The van der Waals surface area contributed by atoms with Crippen molar-refractivity contribution < 1.29 is 17.9 Å². The Morgan fingerprint density at radius 2 is 1.89 bits per heavy atom. The minimum Gasteiger partial charge on any atom is -0.386 e. The fourth-order valence-corrected chi connectivity index (χ4v) is 1.38. The molecule has 0 fully saturated rings. The van der Waals surface area contributed by atoms with Gasteiger partial charge in [-0.1, -0.05) is 13.8 Å². The minimum atomic E-state index is -4.77. The van der Waals surface area contributed by atoms with Crippen LogP contribution >= 0.6 is 0 Å². The van der Waals surface area contributed by atoms with E-state index in [2.05, 4.69) is 19.7 Å². The van der Waals surface area contributed by atoms with Crippen LogP contribution < -0.4 is 4.74 Å². The fourth-order valence-electron chi connectivity index (χ4n) is 1.38. The second-order valence-corrected chi connectivity index (χ2v) is 4.12. The van der Waals surface area contributed by atoms with Gasteiger partial charge in [-0.2, -0.15) is 0 Å². The predicted molar refractivity (Wildman–Crippen MR) is 59.9 cm³/mol. The molecule has 0 aromatic carbocycles. The van der Waals surface area contributed by atoms with Gasteiger partial charge in [0.15, 0.2) is 5.82 Å². The topological polar surface area (TPSA) is 52.8 Å². The summed E-state index contributed by atoms with van der Waals surface area (Å²) < 4.78 is 41.1. The number of hydrogen-bond acceptors (Lipinski definition) is 4. The highest BCUT2D eigenvalue weighted by Gasteiger charge is 2.31. The maximum atomic E-state index is 12.0. The van der Waals surface area contributed by atoms with E-state index >= 15 is 0 Å². The molecular formula is C11H11F3N4O. The summed E-state index contributed by atoms with van der Waals surface area (Å²) in [5.74, 6) is 0.0245. The van der Waals surface area contributed by atoms with E-state index in [1.165, 1.54) is 12.5 Å². The molecule has 0 radical (unpaired) electrons. The van der Waals surface area contributed by atoms with Crippen LogP contribution in [-0.4, -0.2) is 25.9 Å². The Morgan fingerprint density at radius 3 is 2.37 bits per heavy atom. The lowest BCUT2D eigenvalue weighted by Crippen LogP contribution is -2.18. The molecule has 8 heteroatoms. The highest BCUT2D eigenvalue weighted by molar-refractivity contribution is 5.22. The van der Waals surface area contributed by atoms with Gasteiger partial charge >= 0.3 is 6.36 Å². The van der Waals surface area contributed by atoms with Crippen LogP contribution in [-0.2, 0) is 0 Å². The lowest BCUT2D eigenvalue weighted by Gasteiger charge is -2.07. The van der Waals surface area contributed by atoms with Crippen molar-refractivity contribution in [1.82, 2.24) is 19.5 Å². The normalized spacial score (nSPS) is 11.9. The lowest BCUT2D eigenvalue weighted by molar-refractivity contribution is -0.276. The largest absolute Gasteiger partial charge is 0.574 e. The lowest BCUT2D eigenvalue weighted by atomic mass is 10.2. The summed E-state index contributed by atoms with van der Waals surface area (Å²) in [7, 11) is 0. The van der Waals surface area contributed by atoms with Gasteiger partial charge in [0, 0.05) is 6.20 Å². The van der Waals surface area contributed by atoms with E-state index in [4.69, 9.17) is 0 Å². The van der Waals surface area contributed by atoms with Crippen LogP contribution in [0.15, 0.2) is 24.9 Å². The summed E-state index contributed by atoms with van der Waals surface area (Å²) >= 11 is 0. The van der Waals surface area contributed by atoms with Crippen LogP contribution in [0.2, 0.25) is 0 Å². The number of nitrogens with zero attached hydrogens (tertiary/aromatic N) is 4. The predicted octanol–water partition coefficient (Wildman–Crippen LogP) is 2.68. The molecule has 0 atom stereocenters. The molecule has 0 saturated carbocycles. The smallest absolute Gasteiger partial charge is 0.386 e. The van der Waals surface area contributed by atoms with Gasteiger partial charge in [-0.3, -0.25) is 4.57 Å². The molecule has 102 valence electrons. The minimum absolute atomic E-state index is 0.252. The fraction of sp³-hybridized carbons (Fsp3) is 0.364. The molecule has 0 bridgehead atoms. The van der Waals surface area contributed by atoms with Crippen molar-refractivity contribution in [2.45, 2.75) is 26.1 Å². The van der Waals surface area contributed by atoms with E-state index in [9.17, 15) is 13.2 Å². The summed E-state index contributed by atoms with van der Waals surface area (Å²) in [6.45, 7) is 3.97. The van der Waals surface area contributed by atoms with Crippen LogP contribution in [0.5, 0.6) is 5.88 Å². The number of ether oxygens (including phenoxy) is 1. The molecule has 0 N–H and O–H groups in total. The number of imidazole rings is 1. The molecule has 19 heavy (non-hydrogen) atoms. The number of aromatic nitrogens is 4. The average molecular weight is 272 g/mol. The average Bonchev–Trinajstić information content (AvgIpc) is 2.77. The van der Waals surface area contributed by atoms with Gasteiger partial charge < -0.3 is 4.74 Å². The first-order valence-corrected chi connectivity index (χ1v) is 5.47. The third-order valence-corrected chi connectivity index (χ3v) is 2.29. The number of halogens is 3. The number of hydrogen-bond donors (Lipinski definition) is 0. The molecule has 2 aromatic heterocycles. The van der Waals surface area contributed by atoms with Crippen LogP contribution in [0.1, 0.15) is 25.5 Å². The van der Waals surface area contributed by atoms with E-state index in [0.717, 1.165) is 11.9 Å². The third-order valence-electron chi connectivity index (χ3n) is 2.29. The van der Waals surface area contributed by atoms with Crippen molar-refractivity contribution in [2.24, 2.45) is 0 Å². The molecule has 0 aliphatic rings. The molecule has 0 amide bonds. The Kier molecular flexibility index (Phi) is 3.41. The zero-order valence-electron chi connectivity index (χ0n) is 10.2. The Hall–Kier alpha value is -2.12. The zero-order chi connectivity index (χ0) is 14.0. The molecule has 2 rings (SSSR count). The Bertz CT molecular complexity index is 548. The van der Waals surface area contributed by atoms with Gasteiger partial charge in [-0.15, -0.1) is 13.2 Å². The molecule has 0 spiro atoms. The quantitative estimate of drug-likeness (QED) is 0.862. The number of rotatable bonds is 3. The van der Waals surface area contributed by atoms with Gasteiger partial charge in [0.05, 0.1) is 18.1 Å². The SMILES string of the molecule is CC(C)c1cn(-c2cnc(OC(F)(F)F)cn2)cn1. The molecule has 5 nitrogen and oxygen atoms in total. The van der Waals surface area contributed by atoms with Crippen molar-refractivity contribution in [3.8, 4) is 11.7 Å². The second kappa shape index (κ2) is 4.87. The summed E-state index contributed by atoms with van der Waals surface area (Å²) in [5, 5.41) is 0. The van der Waals surface area contributed by atoms with Gasteiger partial charge in [0.1, 0.15) is 6.33 Å². The van der Waals surface area contributed by atoms with E-state index in [0.29, 0.717) is 5.82 Å². The van der Waals surface area contributed by atoms with Gasteiger partial charge in [-0.25, -0.2) is 15.0 Å². The standard InChI is InChI=1S/C11H11F3N4O/c1-7(2)8-5-18(6-17-8)9-3-16-10(4-15-9)19-11(12,13)14/h3-7H,1-2H3. The number of alkyl halides is 3.